The van der Waals surface area contributed by atoms with E-state index in [0.717, 1.165) is 11.3 Å². The van der Waals surface area contributed by atoms with E-state index in [0.29, 0.717) is 6.54 Å². The number of hydrogen-bond acceptors (Lipinski definition) is 4. The molecular weight excluding hydrogens is 248 g/mol. The molecule has 0 aliphatic rings. The van der Waals surface area contributed by atoms with Gasteiger partial charge in [0.15, 0.2) is 0 Å². The maximum Gasteiger partial charge on any atom is 0.250 e. The molecule has 1 aromatic rings. The number of nitrogens with one attached hydrogen (secondary N) is 2. The van der Waals surface area contributed by atoms with Gasteiger partial charge in [-0.25, -0.2) is 8.42 Å². The Kier molecular flexibility index (Phi) is 4.45. The lowest BCUT2D eigenvalue weighted by Gasteiger charge is -2.12. The van der Waals surface area contributed by atoms with Crippen LogP contribution in [0.5, 0.6) is 0 Å². The van der Waals surface area contributed by atoms with E-state index < -0.39 is 16.1 Å². The van der Waals surface area contributed by atoms with Gasteiger partial charge in [0.2, 0.25) is 5.91 Å². The molecule has 0 saturated carbocycles. The summed E-state index contributed by atoms with van der Waals surface area (Å²) in [6.45, 7) is 3.76. The highest BCUT2D eigenvalue weighted by molar-refractivity contribution is 7.91. The smallest absolute Gasteiger partial charge is 0.250 e. The fraction of sp³-hybridized carbons (Fsp3) is 0.444. The average molecular weight is 262 g/mol. The molecule has 1 unspecified atom stereocenters. The SMILES string of the molecule is CCNC(=O)C(C)NS(=O)(=O)c1cccs1. The molecule has 1 aromatic heterocycles. The minimum atomic E-state index is -3.57. The molecule has 0 radical (unpaired) electrons. The Morgan fingerprint density at radius 3 is 2.75 bits per heavy atom. The quantitative estimate of drug-likeness (QED) is 0.813. The molecule has 0 aliphatic heterocycles. The zero-order chi connectivity index (χ0) is 12.2. The first kappa shape index (κ1) is 13.1. The second-order valence-electron chi connectivity index (χ2n) is 3.17. The number of carbonyl (C=O) groups is 1. The van der Waals surface area contributed by atoms with Crippen molar-refractivity contribution in [2.24, 2.45) is 0 Å². The zero-order valence-corrected chi connectivity index (χ0v) is 10.7. The van der Waals surface area contributed by atoms with Gasteiger partial charge < -0.3 is 5.32 Å². The van der Waals surface area contributed by atoms with E-state index >= 15 is 0 Å². The van der Waals surface area contributed by atoms with Crippen molar-refractivity contribution in [3.8, 4) is 0 Å². The van der Waals surface area contributed by atoms with Crippen molar-refractivity contribution in [1.29, 1.82) is 0 Å². The van der Waals surface area contributed by atoms with Gasteiger partial charge in [-0.1, -0.05) is 6.07 Å². The van der Waals surface area contributed by atoms with Crippen molar-refractivity contribution < 1.29 is 13.2 Å². The molecule has 2 N–H and O–H groups in total. The summed E-state index contributed by atoms with van der Waals surface area (Å²) in [6.07, 6.45) is 0. The van der Waals surface area contributed by atoms with Crippen LogP contribution < -0.4 is 10.0 Å². The molecule has 7 heteroatoms. The van der Waals surface area contributed by atoms with Crippen LogP contribution in [0.2, 0.25) is 0 Å². The second-order valence-corrected chi connectivity index (χ2v) is 6.06. The second kappa shape index (κ2) is 5.42. The van der Waals surface area contributed by atoms with Gasteiger partial charge in [-0.2, -0.15) is 4.72 Å². The van der Waals surface area contributed by atoms with Crippen LogP contribution in [0.1, 0.15) is 13.8 Å². The van der Waals surface area contributed by atoms with Crippen LogP contribution >= 0.6 is 11.3 Å². The van der Waals surface area contributed by atoms with E-state index in [4.69, 9.17) is 0 Å². The molecule has 0 aromatic carbocycles. The van der Waals surface area contributed by atoms with Crippen LogP contribution in [0.4, 0.5) is 0 Å². The molecule has 5 nitrogen and oxygen atoms in total. The van der Waals surface area contributed by atoms with Crippen LogP contribution in [0, 0.1) is 0 Å². The molecule has 0 fully saturated rings. The minimum Gasteiger partial charge on any atom is -0.355 e. The molecule has 16 heavy (non-hydrogen) atoms. The Labute approximate surface area is 98.9 Å². The zero-order valence-electron chi connectivity index (χ0n) is 9.06. The molecule has 0 aliphatic carbocycles. The third-order valence-electron chi connectivity index (χ3n) is 1.84. The topological polar surface area (TPSA) is 75.3 Å². The van der Waals surface area contributed by atoms with Gasteiger partial charge in [-0.15, -0.1) is 11.3 Å². The predicted molar refractivity (Wildman–Crippen MR) is 62.8 cm³/mol. The van der Waals surface area contributed by atoms with Gasteiger partial charge >= 0.3 is 0 Å². The molecule has 0 saturated heterocycles. The lowest BCUT2D eigenvalue weighted by molar-refractivity contribution is -0.122. The fourth-order valence-electron chi connectivity index (χ4n) is 1.09. The van der Waals surface area contributed by atoms with Crippen molar-refractivity contribution in [1.82, 2.24) is 10.0 Å². The summed E-state index contributed by atoms with van der Waals surface area (Å²) >= 11 is 1.11. The molecule has 1 atom stereocenters. The van der Waals surface area contributed by atoms with E-state index in [1.807, 2.05) is 0 Å². The van der Waals surface area contributed by atoms with Crippen molar-refractivity contribution >= 4 is 27.3 Å². The van der Waals surface area contributed by atoms with Crippen molar-refractivity contribution in [3.05, 3.63) is 17.5 Å². The van der Waals surface area contributed by atoms with Crippen molar-refractivity contribution in [3.63, 3.8) is 0 Å². The van der Waals surface area contributed by atoms with Crippen LogP contribution in [-0.4, -0.2) is 26.9 Å². The highest BCUT2D eigenvalue weighted by Gasteiger charge is 2.21. The van der Waals surface area contributed by atoms with Crippen LogP contribution in [0.3, 0.4) is 0 Å². The summed E-state index contributed by atoms with van der Waals surface area (Å²) in [5.74, 6) is -0.331. The monoisotopic (exact) mass is 262 g/mol. The molecule has 0 bridgehead atoms. The third kappa shape index (κ3) is 3.29. The van der Waals surface area contributed by atoms with Gasteiger partial charge in [0.1, 0.15) is 4.21 Å². The number of hydrogen-bond donors (Lipinski definition) is 2. The lowest BCUT2D eigenvalue weighted by atomic mass is 10.3. The lowest BCUT2D eigenvalue weighted by Crippen LogP contribution is -2.44. The summed E-state index contributed by atoms with van der Waals surface area (Å²) in [4.78, 5) is 11.4. The fourth-order valence-corrected chi connectivity index (χ4v) is 3.30. The number of sulfonamides is 1. The molecule has 1 amide bonds. The van der Waals surface area contributed by atoms with Gasteiger partial charge in [0.05, 0.1) is 6.04 Å². The highest BCUT2D eigenvalue weighted by atomic mass is 32.2. The first-order valence-electron chi connectivity index (χ1n) is 4.81. The first-order chi connectivity index (χ1) is 7.47. The summed E-state index contributed by atoms with van der Waals surface area (Å²) in [5.41, 5.74) is 0. The third-order valence-corrected chi connectivity index (χ3v) is 4.77. The standard InChI is InChI=1S/C9H14N2O3S2/c1-3-10-9(12)7(2)11-16(13,14)8-5-4-6-15-8/h4-7,11H,3H2,1-2H3,(H,10,12). The molecule has 1 heterocycles. The number of rotatable bonds is 5. The summed E-state index contributed by atoms with van der Waals surface area (Å²) in [6, 6.07) is 2.38. The van der Waals surface area contributed by atoms with Crippen molar-refractivity contribution in [2.75, 3.05) is 6.54 Å². The largest absolute Gasteiger partial charge is 0.355 e. The van der Waals surface area contributed by atoms with E-state index in [1.165, 1.54) is 13.0 Å². The first-order valence-corrected chi connectivity index (χ1v) is 7.17. The number of thiophene rings is 1. The molecule has 1 rings (SSSR count). The molecule has 90 valence electrons. The predicted octanol–water partition coefficient (Wildman–Crippen LogP) is 0.551. The number of likely N-dealkylation sites (N-methyl/N-ethyl adjacent to an activating group) is 1. The van der Waals surface area contributed by atoms with Gasteiger partial charge in [0.25, 0.3) is 10.0 Å². The molecule has 0 spiro atoms. The summed E-state index contributed by atoms with van der Waals surface area (Å²) in [5, 5.41) is 4.22. The summed E-state index contributed by atoms with van der Waals surface area (Å²) in [7, 11) is -3.57. The normalized spacial score (nSPS) is 13.4. The van der Waals surface area contributed by atoms with Gasteiger partial charge in [-0.3, -0.25) is 4.79 Å². The van der Waals surface area contributed by atoms with Gasteiger partial charge in [0, 0.05) is 6.54 Å². The Morgan fingerprint density at radius 2 is 2.25 bits per heavy atom. The van der Waals surface area contributed by atoms with E-state index in [2.05, 4.69) is 10.0 Å². The Morgan fingerprint density at radius 1 is 1.56 bits per heavy atom. The van der Waals surface area contributed by atoms with E-state index in [1.54, 1.807) is 18.4 Å². The van der Waals surface area contributed by atoms with E-state index in [9.17, 15) is 13.2 Å². The maximum atomic E-state index is 11.7. The van der Waals surface area contributed by atoms with Crippen LogP contribution in [-0.2, 0) is 14.8 Å². The number of carbonyl (C=O) groups excluding carboxylic acids is 1. The highest BCUT2D eigenvalue weighted by Crippen LogP contribution is 2.15. The minimum absolute atomic E-state index is 0.212. The van der Waals surface area contributed by atoms with E-state index in [-0.39, 0.29) is 10.1 Å². The Hall–Kier alpha value is -0.920. The maximum absolute atomic E-state index is 11.7. The Bertz CT molecular complexity index is 439. The van der Waals surface area contributed by atoms with Gasteiger partial charge in [-0.05, 0) is 25.3 Å². The average Bonchev–Trinajstić information content (AvgIpc) is 2.70. The van der Waals surface area contributed by atoms with Crippen LogP contribution in [0.15, 0.2) is 21.7 Å². The number of amides is 1. The molecular formula is C9H14N2O3S2. The van der Waals surface area contributed by atoms with Crippen molar-refractivity contribution in [2.45, 2.75) is 24.1 Å². The van der Waals surface area contributed by atoms with Crippen LogP contribution in [0.25, 0.3) is 0 Å². The summed E-state index contributed by atoms with van der Waals surface area (Å²) < 4.78 is 26.0. The Balaban J connectivity index is 2.71.